The SMILES string of the molecule is O=C(C[NH+]1CCN(c2cccc[nH+]2)CC1)NCCc1cccc(Cl)c1. The van der Waals surface area contributed by atoms with Crippen molar-refractivity contribution in [2.75, 3.05) is 44.2 Å². The Morgan fingerprint density at radius 2 is 2.04 bits per heavy atom. The average molecular weight is 361 g/mol. The molecule has 132 valence electrons. The summed E-state index contributed by atoms with van der Waals surface area (Å²) in [5.74, 6) is 1.27. The first-order chi connectivity index (χ1) is 12.2. The summed E-state index contributed by atoms with van der Waals surface area (Å²) in [5.41, 5.74) is 1.15. The number of nitrogens with one attached hydrogen (secondary N) is 3. The fourth-order valence-electron chi connectivity index (χ4n) is 3.15. The van der Waals surface area contributed by atoms with Crippen LogP contribution in [0.3, 0.4) is 0 Å². The van der Waals surface area contributed by atoms with E-state index < -0.39 is 0 Å². The van der Waals surface area contributed by atoms with Gasteiger partial charge in [-0.25, -0.2) is 4.98 Å². The summed E-state index contributed by atoms with van der Waals surface area (Å²) in [4.78, 5) is 19.1. The maximum absolute atomic E-state index is 12.1. The van der Waals surface area contributed by atoms with E-state index in [0.717, 1.165) is 49.0 Å². The number of amides is 1. The molecule has 5 nitrogen and oxygen atoms in total. The molecule has 1 saturated heterocycles. The van der Waals surface area contributed by atoms with Gasteiger partial charge in [0.15, 0.2) is 6.54 Å². The molecule has 3 rings (SSSR count). The van der Waals surface area contributed by atoms with E-state index in [1.54, 1.807) is 0 Å². The van der Waals surface area contributed by atoms with Gasteiger partial charge >= 0.3 is 0 Å². The number of anilines is 1. The van der Waals surface area contributed by atoms with Crippen LogP contribution in [0.5, 0.6) is 0 Å². The van der Waals surface area contributed by atoms with Crippen LogP contribution in [0.4, 0.5) is 5.82 Å². The van der Waals surface area contributed by atoms with Gasteiger partial charge in [0.05, 0.1) is 6.20 Å². The summed E-state index contributed by atoms with van der Waals surface area (Å²) in [6.45, 7) is 5.08. The number of aromatic amines is 1. The van der Waals surface area contributed by atoms with Crippen molar-refractivity contribution in [3.63, 3.8) is 0 Å². The molecule has 6 heteroatoms. The third-order valence-corrected chi connectivity index (χ3v) is 4.77. The van der Waals surface area contributed by atoms with Crippen LogP contribution in [-0.4, -0.2) is 45.2 Å². The molecular weight excluding hydrogens is 336 g/mol. The lowest BCUT2D eigenvalue weighted by molar-refractivity contribution is -0.892. The van der Waals surface area contributed by atoms with Gasteiger partial charge in [-0.3, -0.25) is 9.69 Å². The summed E-state index contributed by atoms with van der Waals surface area (Å²) in [5, 5.41) is 3.76. The highest BCUT2D eigenvalue weighted by molar-refractivity contribution is 6.30. The van der Waals surface area contributed by atoms with E-state index in [9.17, 15) is 4.79 Å². The summed E-state index contributed by atoms with van der Waals surface area (Å²) < 4.78 is 0. The molecule has 1 fully saturated rings. The van der Waals surface area contributed by atoms with Crippen LogP contribution in [0.25, 0.3) is 0 Å². The number of rotatable bonds is 6. The zero-order chi connectivity index (χ0) is 17.5. The van der Waals surface area contributed by atoms with Crippen LogP contribution in [0.15, 0.2) is 48.7 Å². The Balaban J connectivity index is 1.36. The predicted molar refractivity (Wildman–Crippen MR) is 98.9 cm³/mol. The second-order valence-electron chi connectivity index (χ2n) is 6.39. The lowest BCUT2D eigenvalue weighted by Crippen LogP contribution is -3.16. The molecule has 0 spiro atoms. The highest BCUT2D eigenvalue weighted by atomic mass is 35.5. The second-order valence-corrected chi connectivity index (χ2v) is 6.83. The van der Waals surface area contributed by atoms with E-state index in [4.69, 9.17) is 11.6 Å². The van der Waals surface area contributed by atoms with E-state index in [0.29, 0.717) is 13.1 Å². The smallest absolute Gasteiger partial charge is 0.275 e. The molecule has 2 heterocycles. The molecule has 3 N–H and O–H groups in total. The molecule has 1 aliphatic rings. The van der Waals surface area contributed by atoms with Gasteiger partial charge in [0, 0.05) is 17.6 Å². The standard InChI is InChI=1S/C19H23ClN4O/c20-17-5-3-4-16(14-17)7-9-22-19(25)15-23-10-12-24(13-11-23)18-6-1-2-8-21-18/h1-6,8,14H,7,9-13,15H2,(H,22,25)/p+2. The number of carbonyl (C=O) groups excluding carboxylic acids is 1. The van der Waals surface area contributed by atoms with Gasteiger partial charge in [-0.1, -0.05) is 29.8 Å². The topological polar surface area (TPSA) is 50.9 Å². The molecule has 2 aromatic rings. The Bertz CT molecular complexity index is 687. The van der Waals surface area contributed by atoms with Crippen molar-refractivity contribution in [1.82, 2.24) is 5.32 Å². The molecule has 0 aliphatic carbocycles. The van der Waals surface area contributed by atoms with E-state index in [2.05, 4.69) is 21.3 Å². The molecular formula is C19H25ClN4O+2. The molecule has 0 radical (unpaired) electrons. The number of H-pyrrole nitrogens is 1. The number of hydrogen-bond acceptors (Lipinski definition) is 2. The zero-order valence-electron chi connectivity index (χ0n) is 14.3. The summed E-state index contributed by atoms with van der Waals surface area (Å²) in [7, 11) is 0. The molecule has 25 heavy (non-hydrogen) atoms. The van der Waals surface area contributed by atoms with Crippen molar-refractivity contribution in [2.45, 2.75) is 6.42 Å². The van der Waals surface area contributed by atoms with Crippen molar-refractivity contribution in [1.29, 1.82) is 0 Å². The molecule has 0 atom stereocenters. The normalized spacial score (nSPS) is 15.2. The third-order valence-electron chi connectivity index (χ3n) is 4.54. The fraction of sp³-hybridized carbons (Fsp3) is 0.368. The van der Waals surface area contributed by atoms with Crippen molar-refractivity contribution >= 4 is 23.3 Å². The Morgan fingerprint density at radius 3 is 2.76 bits per heavy atom. The summed E-state index contributed by atoms with van der Waals surface area (Å²) >= 11 is 5.97. The highest BCUT2D eigenvalue weighted by Crippen LogP contribution is 2.10. The number of quaternary nitrogens is 1. The van der Waals surface area contributed by atoms with Crippen LogP contribution >= 0.6 is 11.6 Å². The minimum absolute atomic E-state index is 0.122. The Morgan fingerprint density at radius 1 is 1.20 bits per heavy atom. The van der Waals surface area contributed by atoms with E-state index in [1.165, 1.54) is 4.90 Å². The van der Waals surface area contributed by atoms with Crippen LogP contribution in [-0.2, 0) is 11.2 Å². The van der Waals surface area contributed by atoms with Gasteiger partial charge in [-0.05, 0) is 30.2 Å². The molecule has 0 unspecified atom stereocenters. The van der Waals surface area contributed by atoms with Gasteiger partial charge in [0.1, 0.15) is 26.2 Å². The predicted octanol–water partition coefficient (Wildman–Crippen LogP) is 0.218. The fourth-order valence-corrected chi connectivity index (χ4v) is 3.36. The van der Waals surface area contributed by atoms with Crippen molar-refractivity contribution in [3.8, 4) is 0 Å². The Labute approximate surface area is 153 Å². The van der Waals surface area contributed by atoms with Gasteiger partial charge in [0.25, 0.3) is 11.7 Å². The number of aromatic nitrogens is 1. The van der Waals surface area contributed by atoms with Crippen LogP contribution < -0.4 is 20.1 Å². The Hall–Kier alpha value is -2.11. The van der Waals surface area contributed by atoms with E-state index in [1.807, 2.05) is 42.6 Å². The number of hydrogen-bond donors (Lipinski definition) is 2. The molecule has 1 aliphatic heterocycles. The van der Waals surface area contributed by atoms with Crippen molar-refractivity contribution in [2.24, 2.45) is 0 Å². The highest BCUT2D eigenvalue weighted by Gasteiger charge is 2.26. The van der Waals surface area contributed by atoms with Crippen LogP contribution in [0.2, 0.25) is 5.02 Å². The van der Waals surface area contributed by atoms with Crippen LogP contribution in [0.1, 0.15) is 5.56 Å². The zero-order valence-corrected chi connectivity index (χ0v) is 15.1. The third kappa shape index (κ3) is 5.44. The molecule has 0 saturated carbocycles. The number of carbonyl (C=O) groups is 1. The first-order valence-electron chi connectivity index (χ1n) is 8.77. The maximum Gasteiger partial charge on any atom is 0.275 e. The Kier molecular flexibility index (Phi) is 6.25. The number of halogens is 1. The average Bonchev–Trinajstić information content (AvgIpc) is 2.63. The van der Waals surface area contributed by atoms with Crippen molar-refractivity contribution < 1.29 is 14.7 Å². The number of nitrogens with zero attached hydrogens (tertiary/aromatic N) is 1. The molecule has 1 amide bonds. The lowest BCUT2D eigenvalue weighted by Gasteiger charge is -2.27. The summed E-state index contributed by atoms with van der Waals surface area (Å²) in [6, 6.07) is 13.9. The van der Waals surface area contributed by atoms with Gasteiger partial charge in [-0.15, -0.1) is 0 Å². The second kappa shape index (κ2) is 8.83. The van der Waals surface area contributed by atoms with E-state index >= 15 is 0 Å². The molecule has 1 aromatic heterocycles. The summed E-state index contributed by atoms with van der Waals surface area (Å²) in [6.07, 6.45) is 2.75. The van der Waals surface area contributed by atoms with Gasteiger partial charge in [0.2, 0.25) is 0 Å². The minimum atomic E-state index is 0.122. The number of pyridine rings is 1. The van der Waals surface area contributed by atoms with E-state index in [-0.39, 0.29) is 5.91 Å². The van der Waals surface area contributed by atoms with Crippen molar-refractivity contribution in [3.05, 3.63) is 59.2 Å². The molecule has 1 aromatic carbocycles. The maximum atomic E-state index is 12.1. The van der Waals surface area contributed by atoms with Gasteiger partial charge in [-0.2, -0.15) is 0 Å². The lowest BCUT2D eigenvalue weighted by atomic mass is 10.1. The number of piperazine rings is 1. The van der Waals surface area contributed by atoms with Crippen LogP contribution in [0, 0.1) is 0 Å². The van der Waals surface area contributed by atoms with Gasteiger partial charge < -0.3 is 10.2 Å². The largest absolute Gasteiger partial charge is 0.351 e. The first-order valence-corrected chi connectivity index (χ1v) is 9.15. The minimum Gasteiger partial charge on any atom is -0.351 e. The number of benzene rings is 1. The first kappa shape index (κ1) is 17.7. The monoisotopic (exact) mass is 360 g/mol. The quantitative estimate of drug-likeness (QED) is 0.774. The molecule has 0 bridgehead atoms.